The molecule has 1 amide bonds. The number of carbonyl (C=O) groups excluding carboxylic acids is 1. The number of hydrogen-bond acceptors (Lipinski definition) is 4. The molecule has 0 atom stereocenters. The number of nitrogens with one attached hydrogen (secondary N) is 1. The molecule has 2 rings (SSSR count). The normalized spacial score (nSPS) is 15.6. The molecule has 0 saturated heterocycles. The van der Waals surface area contributed by atoms with Crippen LogP contribution in [-0.4, -0.2) is 19.1 Å². The molecular formula is C13H15N3O2. The fourth-order valence-electron chi connectivity index (χ4n) is 1.69. The number of benzene rings is 1. The van der Waals surface area contributed by atoms with E-state index < -0.39 is 0 Å². The summed E-state index contributed by atoms with van der Waals surface area (Å²) < 4.78 is 5.12. The minimum absolute atomic E-state index is 0.0159. The molecule has 1 fully saturated rings. The summed E-state index contributed by atoms with van der Waals surface area (Å²) in [6, 6.07) is 8.82. The highest BCUT2D eigenvalue weighted by Gasteiger charge is 2.48. The van der Waals surface area contributed by atoms with E-state index in [0.717, 1.165) is 12.8 Å². The van der Waals surface area contributed by atoms with Gasteiger partial charge in [-0.3, -0.25) is 4.79 Å². The molecule has 5 nitrogen and oxygen atoms in total. The first-order chi connectivity index (χ1) is 8.70. The van der Waals surface area contributed by atoms with E-state index in [1.165, 1.54) is 0 Å². The lowest BCUT2D eigenvalue weighted by atomic mass is 10.1. The zero-order chi connectivity index (χ0) is 13.0. The quantitative estimate of drug-likeness (QED) is 0.817. The molecule has 0 radical (unpaired) electrons. The van der Waals surface area contributed by atoms with Crippen molar-refractivity contribution in [3.63, 3.8) is 0 Å². The standard InChI is InChI=1S/C13H15N3O2/c14-7-8-18-11-3-1-10(2-4-11)16-12(17)13(9-15)5-6-13/h1-4H,5-6,8-9,15H2,(H,16,17). The van der Waals surface area contributed by atoms with Crippen LogP contribution in [0.5, 0.6) is 5.75 Å². The van der Waals surface area contributed by atoms with E-state index in [1.807, 2.05) is 6.07 Å². The SMILES string of the molecule is N#CCOc1ccc(NC(=O)C2(CN)CC2)cc1. The maximum Gasteiger partial charge on any atom is 0.231 e. The highest BCUT2D eigenvalue weighted by atomic mass is 16.5. The summed E-state index contributed by atoms with van der Waals surface area (Å²) in [5.41, 5.74) is 5.95. The Balaban J connectivity index is 1.94. The van der Waals surface area contributed by atoms with E-state index in [1.54, 1.807) is 24.3 Å². The highest BCUT2D eigenvalue weighted by molar-refractivity contribution is 5.97. The van der Waals surface area contributed by atoms with Crippen LogP contribution in [0.1, 0.15) is 12.8 Å². The summed E-state index contributed by atoms with van der Waals surface area (Å²) in [6.07, 6.45) is 1.72. The third-order valence-electron chi connectivity index (χ3n) is 3.14. The maximum absolute atomic E-state index is 11.9. The first-order valence-electron chi connectivity index (χ1n) is 5.81. The van der Waals surface area contributed by atoms with E-state index in [4.69, 9.17) is 15.7 Å². The molecule has 94 valence electrons. The van der Waals surface area contributed by atoms with Gasteiger partial charge in [-0.05, 0) is 37.1 Å². The number of ether oxygens (including phenoxy) is 1. The number of hydrogen-bond donors (Lipinski definition) is 2. The molecule has 1 aromatic rings. The van der Waals surface area contributed by atoms with Crippen molar-refractivity contribution in [2.75, 3.05) is 18.5 Å². The van der Waals surface area contributed by atoms with Crippen molar-refractivity contribution in [3.8, 4) is 11.8 Å². The Morgan fingerprint density at radius 1 is 1.44 bits per heavy atom. The Bertz CT molecular complexity index is 472. The molecule has 1 aliphatic rings. The van der Waals surface area contributed by atoms with Crippen LogP contribution in [0.4, 0.5) is 5.69 Å². The summed E-state index contributed by atoms with van der Waals surface area (Å²) in [4.78, 5) is 11.9. The van der Waals surface area contributed by atoms with Crippen LogP contribution >= 0.6 is 0 Å². The van der Waals surface area contributed by atoms with Gasteiger partial charge in [0.15, 0.2) is 6.61 Å². The van der Waals surface area contributed by atoms with Crippen molar-refractivity contribution < 1.29 is 9.53 Å². The van der Waals surface area contributed by atoms with E-state index in [0.29, 0.717) is 18.0 Å². The van der Waals surface area contributed by atoms with E-state index in [9.17, 15) is 4.79 Å². The van der Waals surface area contributed by atoms with Crippen LogP contribution in [0, 0.1) is 16.7 Å². The number of nitrogens with two attached hydrogens (primary N) is 1. The van der Waals surface area contributed by atoms with Gasteiger partial charge in [-0.2, -0.15) is 5.26 Å². The lowest BCUT2D eigenvalue weighted by molar-refractivity contribution is -0.120. The molecule has 1 aliphatic carbocycles. The fourth-order valence-corrected chi connectivity index (χ4v) is 1.69. The van der Waals surface area contributed by atoms with Crippen molar-refractivity contribution in [2.24, 2.45) is 11.1 Å². The second kappa shape index (κ2) is 5.07. The van der Waals surface area contributed by atoms with Gasteiger partial charge >= 0.3 is 0 Å². The Morgan fingerprint density at radius 2 is 2.11 bits per heavy atom. The minimum atomic E-state index is -0.351. The second-order valence-electron chi connectivity index (χ2n) is 4.41. The number of amides is 1. The van der Waals surface area contributed by atoms with Crippen molar-refractivity contribution in [2.45, 2.75) is 12.8 Å². The van der Waals surface area contributed by atoms with Gasteiger partial charge in [-0.15, -0.1) is 0 Å². The predicted octanol–water partition coefficient (Wildman–Crippen LogP) is 1.27. The molecule has 0 unspecified atom stereocenters. The zero-order valence-electron chi connectivity index (χ0n) is 9.98. The average molecular weight is 245 g/mol. The summed E-state index contributed by atoms with van der Waals surface area (Å²) in [6.45, 7) is 0.407. The van der Waals surface area contributed by atoms with Gasteiger partial charge in [0.05, 0.1) is 5.41 Å². The van der Waals surface area contributed by atoms with Gasteiger partial charge < -0.3 is 15.8 Å². The molecule has 3 N–H and O–H groups in total. The molecular weight excluding hydrogens is 230 g/mol. The van der Waals surface area contributed by atoms with Crippen LogP contribution in [0.3, 0.4) is 0 Å². The summed E-state index contributed by atoms with van der Waals surface area (Å²) >= 11 is 0. The van der Waals surface area contributed by atoms with Gasteiger partial charge in [-0.25, -0.2) is 0 Å². The number of nitrogens with zero attached hydrogens (tertiary/aromatic N) is 1. The third-order valence-corrected chi connectivity index (χ3v) is 3.14. The summed E-state index contributed by atoms with van der Waals surface area (Å²) in [7, 11) is 0. The van der Waals surface area contributed by atoms with Gasteiger partial charge in [-0.1, -0.05) is 0 Å². The second-order valence-corrected chi connectivity index (χ2v) is 4.41. The smallest absolute Gasteiger partial charge is 0.231 e. The molecule has 0 aromatic heterocycles. The van der Waals surface area contributed by atoms with Crippen LogP contribution in [0.2, 0.25) is 0 Å². The number of nitriles is 1. The van der Waals surface area contributed by atoms with Crippen LogP contribution < -0.4 is 15.8 Å². The van der Waals surface area contributed by atoms with Gasteiger partial charge in [0, 0.05) is 12.2 Å². The van der Waals surface area contributed by atoms with Crippen molar-refractivity contribution >= 4 is 11.6 Å². The van der Waals surface area contributed by atoms with Crippen LogP contribution in [0.15, 0.2) is 24.3 Å². The van der Waals surface area contributed by atoms with Crippen molar-refractivity contribution in [1.82, 2.24) is 0 Å². The van der Waals surface area contributed by atoms with Crippen LogP contribution in [0.25, 0.3) is 0 Å². The molecule has 0 spiro atoms. The molecule has 0 heterocycles. The molecule has 1 aromatic carbocycles. The largest absolute Gasteiger partial charge is 0.479 e. The predicted molar refractivity (Wildman–Crippen MR) is 66.9 cm³/mol. The topological polar surface area (TPSA) is 88.1 Å². The highest BCUT2D eigenvalue weighted by Crippen LogP contribution is 2.45. The average Bonchev–Trinajstić information content (AvgIpc) is 3.19. The monoisotopic (exact) mass is 245 g/mol. The van der Waals surface area contributed by atoms with E-state index in [2.05, 4.69) is 5.32 Å². The number of rotatable bonds is 5. The molecule has 18 heavy (non-hydrogen) atoms. The molecule has 0 bridgehead atoms. The Morgan fingerprint density at radius 3 is 2.61 bits per heavy atom. The third kappa shape index (κ3) is 2.60. The number of anilines is 1. The Kier molecular flexibility index (Phi) is 3.49. The summed E-state index contributed by atoms with van der Waals surface area (Å²) in [5.74, 6) is 0.588. The number of carbonyl (C=O) groups is 1. The molecule has 1 saturated carbocycles. The van der Waals surface area contributed by atoms with Gasteiger partial charge in [0.2, 0.25) is 5.91 Å². The maximum atomic E-state index is 11.9. The van der Waals surface area contributed by atoms with Gasteiger partial charge in [0.1, 0.15) is 11.8 Å². The molecule has 0 aliphatic heterocycles. The minimum Gasteiger partial charge on any atom is -0.479 e. The fraction of sp³-hybridized carbons (Fsp3) is 0.385. The van der Waals surface area contributed by atoms with E-state index >= 15 is 0 Å². The lowest BCUT2D eigenvalue weighted by Crippen LogP contribution is -2.30. The Labute approximate surface area is 106 Å². The van der Waals surface area contributed by atoms with Crippen molar-refractivity contribution in [1.29, 1.82) is 5.26 Å². The van der Waals surface area contributed by atoms with E-state index in [-0.39, 0.29) is 17.9 Å². The lowest BCUT2D eigenvalue weighted by Gasteiger charge is -2.13. The van der Waals surface area contributed by atoms with Crippen LogP contribution in [-0.2, 0) is 4.79 Å². The van der Waals surface area contributed by atoms with Gasteiger partial charge in [0.25, 0.3) is 0 Å². The Hall–Kier alpha value is -2.06. The summed E-state index contributed by atoms with van der Waals surface area (Å²) in [5, 5.41) is 11.2. The first-order valence-corrected chi connectivity index (χ1v) is 5.81. The first kappa shape index (κ1) is 12.4. The van der Waals surface area contributed by atoms with Crippen molar-refractivity contribution in [3.05, 3.63) is 24.3 Å². The molecule has 5 heteroatoms. The zero-order valence-corrected chi connectivity index (χ0v) is 9.98.